The standard InChI is InChI=1S/C20H15N3O3/c21-11-14-3-1-4-15(9-14)16-5-2-6-17(10-16)25-13-18-12-23-8-7-19(24)22-20(23)26-18/h1-10,18H,12-13H2/t18-/m0/s1. The van der Waals surface area contributed by atoms with Gasteiger partial charge in [0.1, 0.15) is 12.4 Å². The Labute approximate surface area is 149 Å². The second-order valence-electron chi connectivity index (χ2n) is 5.97. The van der Waals surface area contributed by atoms with Gasteiger partial charge in [-0.15, -0.1) is 0 Å². The topological polar surface area (TPSA) is 77.1 Å². The van der Waals surface area contributed by atoms with Crippen LogP contribution in [0, 0.1) is 11.3 Å². The summed E-state index contributed by atoms with van der Waals surface area (Å²) in [5, 5.41) is 9.05. The smallest absolute Gasteiger partial charge is 0.300 e. The van der Waals surface area contributed by atoms with E-state index in [1.807, 2.05) is 42.5 Å². The number of benzene rings is 2. The molecule has 0 saturated heterocycles. The van der Waals surface area contributed by atoms with Crippen LogP contribution in [0.15, 0.2) is 65.6 Å². The van der Waals surface area contributed by atoms with Crippen LogP contribution in [0.3, 0.4) is 0 Å². The molecule has 6 heteroatoms. The van der Waals surface area contributed by atoms with Crippen molar-refractivity contribution >= 4 is 0 Å². The van der Waals surface area contributed by atoms with Crippen molar-refractivity contribution in [2.75, 3.05) is 6.61 Å². The molecular weight excluding hydrogens is 330 g/mol. The molecule has 0 fully saturated rings. The molecule has 0 amide bonds. The van der Waals surface area contributed by atoms with E-state index in [4.69, 9.17) is 14.7 Å². The molecule has 26 heavy (non-hydrogen) atoms. The van der Waals surface area contributed by atoms with Gasteiger partial charge in [-0.25, -0.2) is 0 Å². The molecule has 1 aliphatic rings. The van der Waals surface area contributed by atoms with Crippen LogP contribution in [0.2, 0.25) is 0 Å². The number of aromatic nitrogens is 2. The largest absolute Gasteiger partial charge is 0.490 e. The van der Waals surface area contributed by atoms with Crippen LogP contribution >= 0.6 is 0 Å². The molecule has 0 radical (unpaired) electrons. The molecule has 0 unspecified atom stereocenters. The van der Waals surface area contributed by atoms with E-state index in [0.29, 0.717) is 30.5 Å². The average molecular weight is 345 g/mol. The molecule has 0 saturated carbocycles. The van der Waals surface area contributed by atoms with Gasteiger partial charge in [0, 0.05) is 12.3 Å². The van der Waals surface area contributed by atoms with E-state index < -0.39 is 0 Å². The molecule has 6 nitrogen and oxygen atoms in total. The number of hydrogen-bond acceptors (Lipinski definition) is 5. The van der Waals surface area contributed by atoms with Crippen molar-refractivity contribution in [1.82, 2.24) is 9.55 Å². The maximum absolute atomic E-state index is 11.3. The summed E-state index contributed by atoms with van der Waals surface area (Å²) < 4.78 is 13.3. The Morgan fingerprint density at radius 3 is 2.85 bits per heavy atom. The van der Waals surface area contributed by atoms with E-state index in [0.717, 1.165) is 11.1 Å². The lowest BCUT2D eigenvalue weighted by atomic mass is 10.0. The highest BCUT2D eigenvalue weighted by Gasteiger charge is 2.23. The average Bonchev–Trinajstić information content (AvgIpc) is 3.08. The van der Waals surface area contributed by atoms with Gasteiger partial charge in [-0.2, -0.15) is 10.2 Å². The van der Waals surface area contributed by atoms with Gasteiger partial charge in [0.05, 0.1) is 18.2 Å². The third kappa shape index (κ3) is 3.28. The van der Waals surface area contributed by atoms with Gasteiger partial charge in [0.15, 0.2) is 6.10 Å². The van der Waals surface area contributed by atoms with Crippen LogP contribution in [0.1, 0.15) is 5.56 Å². The highest BCUT2D eigenvalue weighted by atomic mass is 16.6. The third-order valence-corrected chi connectivity index (χ3v) is 4.12. The van der Waals surface area contributed by atoms with Crippen molar-refractivity contribution in [3.8, 4) is 29.0 Å². The van der Waals surface area contributed by atoms with E-state index in [9.17, 15) is 4.79 Å². The van der Waals surface area contributed by atoms with Crippen molar-refractivity contribution in [2.45, 2.75) is 12.6 Å². The minimum Gasteiger partial charge on any atom is -0.490 e. The van der Waals surface area contributed by atoms with Gasteiger partial charge in [0.25, 0.3) is 11.6 Å². The molecule has 3 aromatic rings. The number of hydrogen-bond donors (Lipinski definition) is 0. The first-order chi connectivity index (χ1) is 12.7. The van der Waals surface area contributed by atoms with Gasteiger partial charge in [0.2, 0.25) is 0 Å². The second kappa shape index (κ2) is 6.73. The zero-order chi connectivity index (χ0) is 17.9. The molecule has 2 heterocycles. The van der Waals surface area contributed by atoms with E-state index in [2.05, 4.69) is 11.1 Å². The van der Waals surface area contributed by atoms with Crippen LogP contribution < -0.4 is 15.0 Å². The second-order valence-corrected chi connectivity index (χ2v) is 5.97. The summed E-state index contributed by atoms with van der Waals surface area (Å²) in [6.07, 6.45) is 1.47. The molecule has 0 bridgehead atoms. The molecular formula is C20H15N3O3. The monoisotopic (exact) mass is 345 g/mol. The summed E-state index contributed by atoms with van der Waals surface area (Å²) in [7, 11) is 0. The summed E-state index contributed by atoms with van der Waals surface area (Å²) in [5.74, 6) is 0.715. The summed E-state index contributed by atoms with van der Waals surface area (Å²) in [6, 6.07) is 19.0. The Morgan fingerprint density at radius 1 is 1.19 bits per heavy atom. The molecule has 0 aliphatic carbocycles. The van der Waals surface area contributed by atoms with Gasteiger partial charge >= 0.3 is 0 Å². The van der Waals surface area contributed by atoms with Gasteiger partial charge in [-0.3, -0.25) is 9.36 Å². The van der Waals surface area contributed by atoms with Crippen LogP contribution in [0.4, 0.5) is 0 Å². The lowest BCUT2D eigenvalue weighted by molar-refractivity contribution is 0.143. The minimum atomic E-state index is -0.315. The number of fused-ring (bicyclic) bond motifs is 1. The van der Waals surface area contributed by atoms with Gasteiger partial charge in [-0.1, -0.05) is 24.3 Å². The molecule has 1 aliphatic heterocycles. The number of nitriles is 1. The highest BCUT2D eigenvalue weighted by Crippen LogP contribution is 2.25. The van der Waals surface area contributed by atoms with E-state index >= 15 is 0 Å². The summed E-state index contributed by atoms with van der Waals surface area (Å²) >= 11 is 0. The van der Waals surface area contributed by atoms with E-state index in [1.54, 1.807) is 16.8 Å². The van der Waals surface area contributed by atoms with Crippen LogP contribution in [-0.2, 0) is 6.54 Å². The Hall–Kier alpha value is -3.59. The zero-order valence-corrected chi connectivity index (χ0v) is 13.8. The van der Waals surface area contributed by atoms with Crippen LogP contribution in [0.5, 0.6) is 11.8 Å². The van der Waals surface area contributed by atoms with E-state index in [-0.39, 0.29) is 11.7 Å². The van der Waals surface area contributed by atoms with Crippen molar-refractivity contribution in [3.63, 3.8) is 0 Å². The van der Waals surface area contributed by atoms with Crippen molar-refractivity contribution in [3.05, 3.63) is 76.7 Å². The molecule has 0 N–H and O–H groups in total. The Bertz CT molecular complexity index is 1050. The fraction of sp³-hybridized carbons (Fsp3) is 0.150. The lowest BCUT2D eigenvalue weighted by Crippen LogP contribution is -2.23. The van der Waals surface area contributed by atoms with Crippen molar-refractivity contribution in [1.29, 1.82) is 5.26 Å². The van der Waals surface area contributed by atoms with Crippen LogP contribution in [-0.4, -0.2) is 22.3 Å². The Morgan fingerprint density at radius 2 is 2.00 bits per heavy atom. The fourth-order valence-electron chi connectivity index (χ4n) is 2.86. The molecule has 4 rings (SSSR count). The zero-order valence-electron chi connectivity index (χ0n) is 13.8. The first kappa shape index (κ1) is 15.9. The Kier molecular flexibility index (Phi) is 4.12. The maximum atomic E-state index is 11.3. The molecule has 1 atom stereocenters. The Balaban J connectivity index is 1.45. The highest BCUT2D eigenvalue weighted by molar-refractivity contribution is 5.66. The molecule has 2 aromatic carbocycles. The normalized spacial score (nSPS) is 15.0. The van der Waals surface area contributed by atoms with Gasteiger partial charge in [-0.05, 0) is 35.4 Å². The quantitative estimate of drug-likeness (QED) is 0.726. The molecule has 0 spiro atoms. The summed E-state index contributed by atoms with van der Waals surface area (Å²) in [6.45, 7) is 0.936. The number of ether oxygens (including phenoxy) is 2. The van der Waals surface area contributed by atoms with Crippen LogP contribution in [0.25, 0.3) is 11.1 Å². The lowest BCUT2D eigenvalue weighted by Gasteiger charge is -2.12. The summed E-state index contributed by atoms with van der Waals surface area (Å²) in [4.78, 5) is 15.1. The number of rotatable bonds is 4. The minimum absolute atomic E-state index is 0.199. The van der Waals surface area contributed by atoms with Crippen molar-refractivity contribution < 1.29 is 9.47 Å². The maximum Gasteiger partial charge on any atom is 0.300 e. The number of nitrogens with zero attached hydrogens (tertiary/aromatic N) is 3. The molecule has 1 aromatic heterocycles. The first-order valence-corrected chi connectivity index (χ1v) is 8.19. The first-order valence-electron chi connectivity index (χ1n) is 8.19. The summed E-state index contributed by atoms with van der Waals surface area (Å²) in [5.41, 5.74) is 2.24. The molecule has 128 valence electrons. The fourth-order valence-corrected chi connectivity index (χ4v) is 2.86. The third-order valence-electron chi connectivity index (χ3n) is 4.12. The van der Waals surface area contributed by atoms with E-state index in [1.165, 1.54) is 6.07 Å². The SMILES string of the molecule is N#Cc1cccc(-c2cccc(OC[C@@H]3Cn4ccc(=O)nc4O3)c2)c1. The predicted molar refractivity (Wildman–Crippen MR) is 95.0 cm³/mol. The van der Waals surface area contributed by atoms with Gasteiger partial charge < -0.3 is 9.47 Å². The van der Waals surface area contributed by atoms with Crippen molar-refractivity contribution in [2.24, 2.45) is 0 Å². The predicted octanol–water partition coefficient (Wildman–Crippen LogP) is 2.62.